The van der Waals surface area contributed by atoms with Gasteiger partial charge in [-0.2, -0.15) is 5.10 Å². The lowest BCUT2D eigenvalue weighted by Gasteiger charge is -2.07. The Bertz CT molecular complexity index is 1480. The van der Waals surface area contributed by atoms with Gasteiger partial charge in [0.05, 0.1) is 16.6 Å². The molecule has 3 aromatic heterocycles. The monoisotopic (exact) mass is 466 g/mol. The number of aromatic nitrogens is 4. The summed E-state index contributed by atoms with van der Waals surface area (Å²) in [5, 5.41) is 8.73. The number of aryl methyl sites for hydroxylation is 1. The van der Waals surface area contributed by atoms with Crippen molar-refractivity contribution >= 4 is 47.9 Å². The van der Waals surface area contributed by atoms with Crippen LogP contribution in [0.15, 0.2) is 76.5 Å². The number of hydrogen-bond donors (Lipinski definition) is 1. The molecule has 29 heavy (non-hydrogen) atoms. The molecule has 0 saturated carbocycles. The highest BCUT2D eigenvalue weighted by Gasteiger charge is 2.23. The lowest BCUT2D eigenvalue weighted by atomic mass is 10.0. The summed E-state index contributed by atoms with van der Waals surface area (Å²) < 4.78 is 28.8. The fraction of sp³-hybridized carbons (Fsp3) is 0.0476. The van der Waals surface area contributed by atoms with Crippen molar-refractivity contribution < 1.29 is 8.42 Å². The molecule has 0 radical (unpaired) electrons. The number of pyridine rings is 1. The molecule has 0 saturated heterocycles. The van der Waals surface area contributed by atoms with Crippen molar-refractivity contribution in [3.8, 4) is 11.1 Å². The second-order valence-electron chi connectivity index (χ2n) is 6.82. The van der Waals surface area contributed by atoms with Gasteiger partial charge in [0.25, 0.3) is 10.0 Å². The van der Waals surface area contributed by atoms with Crippen molar-refractivity contribution in [2.75, 3.05) is 0 Å². The van der Waals surface area contributed by atoms with Crippen LogP contribution in [0, 0.1) is 6.92 Å². The molecule has 0 atom stereocenters. The minimum atomic E-state index is -3.81. The Morgan fingerprint density at radius 2 is 1.79 bits per heavy atom. The quantitative estimate of drug-likeness (QED) is 0.410. The molecule has 0 unspecified atom stereocenters. The van der Waals surface area contributed by atoms with Gasteiger partial charge in [-0.25, -0.2) is 17.4 Å². The van der Waals surface area contributed by atoms with E-state index in [9.17, 15) is 8.42 Å². The van der Waals surface area contributed by atoms with E-state index in [1.807, 2.05) is 31.2 Å². The van der Waals surface area contributed by atoms with Crippen molar-refractivity contribution in [3.05, 3.63) is 77.2 Å². The van der Waals surface area contributed by atoms with Gasteiger partial charge in [-0.05, 0) is 52.7 Å². The van der Waals surface area contributed by atoms with Crippen molar-refractivity contribution in [2.45, 2.75) is 11.8 Å². The number of hydrogen-bond acceptors (Lipinski definition) is 4. The second-order valence-corrected chi connectivity index (χ2v) is 9.55. The lowest BCUT2D eigenvalue weighted by Crippen LogP contribution is -2.12. The first-order valence-corrected chi connectivity index (χ1v) is 11.1. The predicted molar refractivity (Wildman–Crippen MR) is 116 cm³/mol. The zero-order valence-corrected chi connectivity index (χ0v) is 17.7. The predicted octanol–water partition coefficient (Wildman–Crippen LogP) is 4.89. The van der Waals surface area contributed by atoms with Crippen LogP contribution in [-0.2, 0) is 10.0 Å². The summed E-state index contributed by atoms with van der Waals surface area (Å²) in [7, 11) is -3.81. The summed E-state index contributed by atoms with van der Waals surface area (Å²) in [5.41, 5.74) is 3.92. The van der Waals surface area contributed by atoms with E-state index >= 15 is 0 Å². The van der Waals surface area contributed by atoms with Crippen molar-refractivity contribution in [1.82, 2.24) is 19.2 Å². The van der Waals surface area contributed by atoms with Crippen LogP contribution in [-0.4, -0.2) is 27.6 Å². The summed E-state index contributed by atoms with van der Waals surface area (Å²) in [5.74, 6) is 0. The zero-order valence-electron chi connectivity index (χ0n) is 15.3. The third-order valence-corrected chi connectivity index (χ3v) is 7.03. The van der Waals surface area contributed by atoms with Crippen LogP contribution in [0.2, 0.25) is 0 Å². The average molecular weight is 467 g/mol. The fourth-order valence-corrected chi connectivity index (χ4v) is 5.13. The van der Waals surface area contributed by atoms with Crippen LogP contribution in [0.25, 0.3) is 33.1 Å². The van der Waals surface area contributed by atoms with Crippen LogP contribution < -0.4 is 0 Å². The van der Waals surface area contributed by atoms with Crippen LogP contribution in [0.3, 0.4) is 0 Å². The number of halogens is 1. The van der Waals surface area contributed by atoms with Crippen LogP contribution in [0.5, 0.6) is 0 Å². The van der Waals surface area contributed by atoms with E-state index in [2.05, 4.69) is 31.1 Å². The minimum Gasteiger partial charge on any atom is -0.278 e. The van der Waals surface area contributed by atoms with Gasteiger partial charge in [0.1, 0.15) is 0 Å². The molecule has 2 aromatic carbocycles. The number of H-pyrrole nitrogens is 1. The molecule has 6 nitrogen and oxygen atoms in total. The highest BCUT2D eigenvalue weighted by molar-refractivity contribution is 9.10. The number of aromatic amines is 1. The maximum Gasteiger partial charge on any atom is 0.269 e. The molecule has 144 valence electrons. The summed E-state index contributed by atoms with van der Waals surface area (Å²) in [6, 6.07) is 14.5. The zero-order chi connectivity index (χ0) is 20.2. The largest absolute Gasteiger partial charge is 0.278 e. The smallest absolute Gasteiger partial charge is 0.269 e. The topological polar surface area (TPSA) is 80.6 Å². The molecular formula is C21H15BrN4O2S. The van der Waals surface area contributed by atoms with Gasteiger partial charge < -0.3 is 0 Å². The Kier molecular flexibility index (Phi) is 4.07. The average Bonchev–Trinajstić information content (AvgIpc) is 3.33. The molecule has 0 fully saturated rings. The first-order valence-electron chi connectivity index (χ1n) is 8.86. The third-order valence-electron chi connectivity index (χ3n) is 4.93. The van der Waals surface area contributed by atoms with Gasteiger partial charge in [0, 0.05) is 33.2 Å². The third kappa shape index (κ3) is 2.87. The van der Waals surface area contributed by atoms with Crippen LogP contribution >= 0.6 is 15.9 Å². The summed E-state index contributed by atoms with van der Waals surface area (Å²) in [4.78, 5) is 4.64. The molecule has 5 aromatic rings. The van der Waals surface area contributed by atoms with E-state index in [1.165, 1.54) is 3.97 Å². The molecule has 5 rings (SSSR count). The van der Waals surface area contributed by atoms with Gasteiger partial charge in [0.15, 0.2) is 5.65 Å². The molecular weight excluding hydrogens is 452 g/mol. The first kappa shape index (κ1) is 18.1. The number of fused-ring (bicyclic) bond motifs is 2. The molecule has 0 spiro atoms. The second kappa shape index (κ2) is 6.53. The van der Waals surface area contributed by atoms with E-state index in [1.54, 1.807) is 42.9 Å². The molecule has 3 heterocycles. The normalized spacial score (nSPS) is 12.1. The fourth-order valence-electron chi connectivity index (χ4n) is 3.48. The van der Waals surface area contributed by atoms with Crippen molar-refractivity contribution in [2.24, 2.45) is 0 Å². The summed E-state index contributed by atoms with van der Waals surface area (Å²) in [6.07, 6.45) is 4.99. The standard InChI is InChI=1S/C21H15BrN4O2S/c1-13-5-7-15(8-6-13)29(27,28)26-12-19(17-9-14(22)10-23-21(17)26)16-3-2-4-20-18(16)11-24-25-20/h2-12H,1H3,(H,24,25). The van der Waals surface area contributed by atoms with E-state index in [4.69, 9.17) is 0 Å². The maximum atomic E-state index is 13.4. The van der Waals surface area contributed by atoms with E-state index in [0.717, 1.165) is 37.5 Å². The van der Waals surface area contributed by atoms with Crippen molar-refractivity contribution in [3.63, 3.8) is 0 Å². The van der Waals surface area contributed by atoms with Gasteiger partial charge in [-0.1, -0.05) is 29.8 Å². The molecule has 0 aliphatic heterocycles. The van der Waals surface area contributed by atoms with E-state index in [-0.39, 0.29) is 4.90 Å². The Labute approximate surface area is 175 Å². The summed E-state index contributed by atoms with van der Waals surface area (Å²) in [6.45, 7) is 1.92. The number of nitrogens with one attached hydrogen (secondary N) is 1. The Morgan fingerprint density at radius 3 is 2.59 bits per heavy atom. The SMILES string of the molecule is Cc1ccc(S(=O)(=O)n2cc(-c3cccc4[nH]ncc34)c3cc(Br)cnc32)cc1. The van der Waals surface area contributed by atoms with Gasteiger partial charge in [0.2, 0.25) is 0 Å². The van der Waals surface area contributed by atoms with Gasteiger partial charge in [-0.3, -0.25) is 5.10 Å². The molecule has 0 amide bonds. The molecule has 0 bridgehead atoms. The minimum absolute atomic E-state index is 0.220. The molecule has 0 aliphatic carbocycles. The molecule has 0 aliphatic rings. The Balaban J connectivity index is 1.83. The Morgan fingerprint density at radius 1 is 1.00 bits per heavy atom. The lowest BCUT2D eigenvalue weighted by molar-refractivity contribution is 0.589. The maximum absolute atomic E-state index is 13.4. The molecule has 8 heteroatoms. The first-order chi connectivity index (χ1) is 13.9. The van der Waals surface area contributed by atoms with Crippen molar-refractivity contribution in [1.29, 1.82) is 0 Å². The Hall–Kier alpha value is -2.97. The molecule has 1 N–H and O–H groups in total. The van der Waals surface area contributed by atoms with Crippen LogP contribution in [0.4, 0.5) is 0 Å². The van der Waals surface area contributed by atoms with Gasteiger partial charge in [-0.15, -0.1) is 0 Å². The van der Waals surface area contributed by atoms with Crippen LogP contribution in [0.1, 0.15) is 5.56 Å². The van der Waals surface area contributed by atoms with Gasteiger partial charge >= 0.3 is 0 Å². The number of rotatable bonds is 3. The number of nitrogens with zero attached hydrogens (tertiary/aromatic N) is 3. The highest BCUT2D eigenvalue weighted by atomic mass is 79.9. The highest BCUT2D eigenvalue weighted by Crippen LogP contribution is 2.36. The number of benzene rings is 2. The van der Waals surface area contributed by atoms with E-state index < -0.39 is 10.0 Å². The van der Waals surface area contributed by atoms with E-state index in [0.29, 0.717) is 5.65 Å². The summed E-state index contributed by atoms with van der Waals surface area (Å²) >= 11 is 3.45.